The summed E-state index contributed by atoms with van der Waals surface area (Å²) in [6, 6.07) is 6.20. The molecule has 1 aromatic heterocycles. The zero-order valence-corrected chi connectivity index (χ0v) is 10.3. The van der Waals surface area contributed by atoms with Crippen LogP contribution >= 0.6 is 0 Å². The van der Waals surface area contributed by atoms with Crippen LogP contribution in [0.25, 0.3) is 0 Å². The minimum Gasteiger partial charge on any atom is -0.389 e. The fourth-order valence-electron chi connectivity index (χ4n) is 1.88. The largest absolute Gasteiger partial charge is 0.389 e. The first-order valence-electron chi connectivity index (χ1n) is 5.64. The third-order valence-corrected chi connectivity index (χ3v) is 2.56. The van der Waals surface area contributed by atoms with Crippen LogP contribution in [0.3, 0.4) is 0 Å². The van der Waals surface area contributed by atoms with Crippen molar-refractivity contribution in [2.24, 2.45) is 7.05 Å². The molecule has 0 spiro atoms. The Morgan fingerprint density at radius 2 is 2.17 bits per heavy atom. The van der Waals surface area contributed by atoms with E-state index >= 15 is 0 Å². The van der Waals surface area contributed by atoms with Gasteiger partial charge in [0.05, 0.1) is 12.6 Å². The molecule has 0 amide bonds. The van der Waals surface area contributed by atoms with Gasteiger partial charge >= 0.3 is 0 Å². The highest BCUT2D eigenvalue weighted by Gasteiger charge is 2.24. The molecule has 2 aromatic rings. The van der Waals surface area contributed by atoms with E-state index in [1.165, 1.54) is 16.9 Å². The maximum atomic E-state index is 13.1. The van der Waals surface area contributed by atoms with Crippen LogP contribution in [0.15, 0.2) is 24.3 Å². The normalized spacial score (nSPS) is 14.4. The number of nitrogens with zero attached hydrogens (tertiary/aromatic N) is 4. The van der Waals surface area contributed by atoms with Crippen LogP contribution in [0.5, 0.6) is 0 Å². The molecule has 1 heterocycles. The summed E-state index contributed by atoms with van der Waals surface area (Å²) < 4.78 is 13.1. The molecule has 0 fully saturated rings. The third-order valence-electron chi connectivity index (χ3n) is 2.56. The van der Waals surface area contributed by atoms with Crippen LogP contribution in [-0.2, 0) is 19.9 Å². The average Bonchev–Trinajstić information content (AvgIpc) is 2.62. The Balaban J connectivity index is 2.07. The van der Waals surface area contributed by atoms with Crippen LogP contribution in [-0.4, -0.2) is 30.9 Å². The smallest absolute Gasteiger partial charge is 0.177 e. The van der Waals surface area contributed by atoms with E-state index in [0.29, 0.717) is 12.2 Å². The highest BCUT2D eigenvalue weighted by molar-refractivity contribution is 5.18. The van der Waals surface area contributed by atoms with E-state index in [0.717, 1.165) is 5.56 Å². The first-order chi connectivity index (χ1) is 8.44. The van der Waals surface area contributed by atoms with Crippen LogP contribution in [0.2, 0.25) is 0 Å². The lowest BCUT2D eigenvalue weighted by atomic mass is 9.93. The fourth-order valence-corrected chi connectivity index (χ4v) is 1.88. The molecule has 0 bridgehead atoms. The quantitative estimate of drug-likeness (QED) is 0.875. The van der Waals surface area contributed by atoms with Gasteiger partial charge in [0.2, 0.25) is 0 Å². The molecule has 2 rings (SSSR count). The lowest BCUT2D eigenvalue weighted by Gasteiger charge is -2.21. The van der Waals surface area contributed by atoms with E-state index in [1.807, 2.05) is 0 Å². The van der Waals surface area contributed by atoms with E-state index in [-0.39, 0.29) is 12.2 Å². The molecule has 18 heavy (non-hydrogen) atoms. The molecule has 0 saturated heterocycles. The van der Waals surface area contributed by atoms with Crippen molar-refractivity contribution in [2.45, 2.75) is 25.4 Å². The molecule has 1 atom stereocenters. The number of aromatic nitrogens is 4. The minimum atomic E-state index is -1.03. The van der Waals surface area contributed by atoms with Crippen molar-refractivity contribution in [3.63, 3.8) is 0 Å². The highest BCUT2D eigenvalue weighted by Crippen LogP contribution is 2.17. The molecule has 0 aliphatic heterocycles. The summed E-state index contributed by atoms with van der Waals surface area (Å²) in [5, 5.41) is 21.8. The summed E-state index contributed by atoms with van der Waals surface area (Å²) in [7, 11) is 1.66. The van der Waals surface area contributed by atoms with Crippen molar-refractivity contribution in [3.05, 3.63) is 41.5 Å². The van der Waals surface area contributed by atoms with Crippen molar-refractivity contribution < 1.29 is 9.50 Å². The van der Waals surface area contributed by atoms with Gasteiger partial charge in [-0.2, -0.15) is 4.80 Å². The van der Waals surface area contributed by atoms with Crippen molar-refractivity contribution in [2.75, 3.05) is 0 Å². The lowest BCUT2D eigenvalue weighted by Crippen LogP contribution is -2.30. The zero-order chi connectivity index (χ0) is 13.2. The monoisotopic (exact) mass is 250 g/mol. The molecule has 0 saturated carbocycles. The van der Waals surface area contributed by atoms with Crippen molar-refractivity contribution in [1.29, 1.82) is 0 Å². The predicted molar refractivity (Wildman–Crippen MR) is 63.2 cm³/mol. The second kappa shape index (κ2) is 4.81. The lowest BCUT2D eigenvalue weighted by molar-refractivity contribution is 0.0586. The SMILES string of the molecule is Cn1nnc(CC(C)(O)Cc2cccc(F)c2)n1. The van der Waals surface area contributed by atoms with E-state index in [1.54, 1.807) is 26.1 Å². The van der Waals surface area contributed by atoms with Gasteiger partial charge in [0.25, 0.3) is 0 Å². The zero-order valence-electron chi connectivity index (χ0n) is 10.3. The topological polar surface area (TPSA) is 63.8 Å². The van der Waals surface area contributed by atoms with E-state index in [4.69, 9.17) is 0 Å². The molecular formula is C12H15FN4O. The Hall–Kier alpha value is -1.82. The van der Waals surface area contributed by atoms with Gasteiger partial charge < -0.3 is 5.11 Å². The van der Waals surface area contributed by atoms with Crippen LogP contribution in [0.1, 0.15) is 18.3 Å². The Morgan fingerprint density at radius 3 is 2.78 bits per heavy atom. The number of hydrogen-bond donors (Lipinski definition) is 1. The maximum absolute atomic E-state index is 13.1. The van der Waals surface area contributed by atoms with Gasteiger partial charge in [-0.15, -0.1) is 10.2 Å². The van der Waals surface area contributed by atoms with Gasteiger partial charge in [-0.3, -0.25) is 0 Å². The van der Waals surface area contributed by atoms with Crippen molar-refractivity contribution in [1.82, 2.24) is 20.2 Å². The number of benzene rings is 1. The van der Waals surface area contributed by atoms with Gasteiger partial charge in [0.1, 0.15) is 5.82 Å². The van der Waals surface area contributed by atoms with E-state index < -0.39 is 5.60 Å². The third kappa shape index (κ3) is 3.33. The molecule has 96 valence electrons. The maximum Gasteiger partial charge on any atom is 0.177 e. The van der Waals surface area contributed by atoms with Gasteiger partial charge in [-0.25, -0.2) is 4.39 Å². The number of aryl methyl sites for hydroxylation is 1. The Morgan fingerprint density at radius 1 is 1.39 bits per heavy atom. The fraction of sp³-hybridized carbons (Fsp3) is 0.417. The van der Waals surface area contributed by atoms with Crippen LogP contribution in [0.4, 0.5) is 4.39 Å². The molecule has 5 nitrogen and oxygen atoms in total. The molecule has 1 N–H and O–H groups in total. The van der Waals surface area contributed by atoms with Crippen molar-refractivity contribution >= 4 is 0 Å². The molecule has 0 aliphatic rings. The number of hydrogen-bond acceptors (Lipinski definition) is 4. The summed E-state index contributed by atoms with van der Waals surface area (Å²) in [5.74, 6) is 0.167. The molecule has 6 heteroatoms. The van der Waals surface area contributed by atoms with E-state index in [9.17, 15) is 9.50 Å². The summed E-state index contributed by atoms with van der Waals surface area (Å²) in [4.78, 5) is 1.34. The average molecular weight is 250 g/mol. The molecule has 0 aliphatic carbocycles. The van der Waals surface area contributed by atoms with Crippen LogP contribution < -0.4 is 0 Å². The number of rotatable bonds is 4. The van der Waals surface area contributed by atoms with Gasteiger partial charge in [-0.1, -0.05) is 12.1 Å². The van der Waals surface area contributed by atoms with Gasteiger partial charge in [0.15, 0.2) is 5.82 Å². The van der Waals surface area contributed by atoms with Gasteiger partial charge in [0, 0.05) is 12.8 Å². The second-order valence-electron chi connectivity index (χ2n) is 4.68. The molecule has 1 unspecified atom stereocenters. The van der Waals surface area contributed by atoms with Crippen molar-refractivity contribution in [3.8, 4) is 0 Å². The first-order valence-corrected chi connectivity index (χ1v) is 5.64. The standard InChI is InChI=1S/C12H15FN4O/c1-12(18,8-11-14-16-17(2)15-11)7-9-4-3-5-10(13)6-9/h3-6,18H,7-8H2,1-2H3. The Labute approximate surface area is 104 Å². The molecular weight excluding hydrogens is 235 g/mol. The van der Waals surface area contributed by atoms with Gasteiger partial charge in [-0.05, 0) is 29.8 Å². The van der Waals surface area contributed by atoms with E-state index in [2.05, 4.69) is 15.4 Å². The Kier molecular flexibility index (Phi) is 3.38. The number of tetrazole rings is 1. The second-order valence-corrected chi connectivity index (χ2v) is 4.68. The number of halogens is 1. The number of aliphatic hydroxyl groups is 1. The Bertz CT molecular complexity index is 538. The summed E-state index contributed by atoms with van der Waals surface area (Å²) in [6.07, 6.45) is 0.611. The summed E-state index contributed by atoms with van der Waals surface area (Å²) in [6.45, 7) is 1.67. The molecule has 0 radical (unpaired) electrons. The first kappa shape index (κ1) is 12.6. The highest BCUT2D eigenvalue weighted by atomic mass is 19.1. The molecule has 1 aromatic carbocycles. The minimum absolute atomic E-state index is 0.275. The summed E-state index contributed by atoms with van der Waals surface area (Å²) in [5.41, 5.74) is -0.291. The predicted octanol–water partition coefficient (Wildman–Crippen LogP) is 0.885. The summed E-state index contributed by atoms with van der Waals surface area (Å²) >= 11 is 0. The van der Waals surface area contributed by atoms with Crippen LogP contribution in [0, 0.1) is 5.82 Å².